The average Bonchev–Trinajstić information content (AvgIpc) is 2.57. The fraction of sp³-hybridized carbons (Fsp3) is 0.421. The van der Waals surface area contributed by atoms with Gasteiger partial charge in [0, 0.05) is 18.5 Å². The van der Waals surface area contributed by atoms with E-state index in [0.717, 1.165) is 5.56 Å². The number of rotatable bonds is 7. The molecule has 1 aromatic rings. The van der Waals surface area contributed by atoms with Crippen LogP contribution in [0.4, 0.5) is 0 Å². The van der Waals surface area contributed by atoms with E-state index in [-0.39, 0.29) is 49.2 Å². The summed E-state index contributed by atoms with van der Waals surface area (Å²) in [6.07, 6.45) is 5.16. The molecule has 0 unspecified atom stereocenters. The minimum absolute atomic E-state index is 0.0153. The van der Waals surface area contributed by atoms with Gasteiger partial charge in [-0.25, -0.2) is 0 Å². The first-order valence-corrected chi connectivity index (χ1v) is 8.09. The van der Waals surface area contributed by atoms with E-state index in [0.29, 0.717) is 5.56 Å². The van der Waals surface area contributed by atoms with Crippen molar-refractivity contribution >= 4 is 17.7 Å². The maximum atomic E-state index is 12.0. The van der Waals surface area contributed by atoms with Crippen LogP contribution >= 0.6 is 0 Å². The minimum atomic E-state index is -0.357. The lowest BCUT2D eigenvalue weighted by Crippen LogP contribution is -2.38. The predicted octanol–water partition coefficient (Wildman–Crippen LogP) is 0.970. The Morgan fingerprint density at radius 3 is 2.20 bits per heavy atom. The molecular weight excluding hydrogens is 318 g/mol. The second-order valence-electron chi connectivity index (χ2n) is 6.59. The second-order valence-corrected chi connectivity index (χ2v) is 6.59. The highest BCUT2D eigenvalue weighted by molar-refractivity contribution is 5.96. The lowest BCUT2D eigenvalue weighted by molar-refractivity contribution is -0.121. The lowest BCUT2D eigenvalue weighted by Gasteiger charge is -2.19. The zero-order valence-corrected chi connectivity index (χ0v) is 14.9. The smallest absolute Gasteiger partial charge is 0.251 e. The van der Waals surface area contributed by atoms with Crippen LogP contribution in [0, 0.1) is 12.3 Å². The maximum absolute atomic E-state index is 12.0. The Bertz CT molecular complexity index is 652. The Morgan fingerprint density at radius 1 is 1.00 bits per heavy atom. The normalized spacial score (nSPS) is 10.5. The van der Waals surface area contributed by atoms with Crippen molar-refractivity contribution in [2.75, 3.05) is 19.6 Å². The zero-order valence-electron chi connectivity index (χ0n) is 14.9. The molecule has 134 valence electrons. The highest BCUT2D eigenvalue weighted by atomic mass is 16.2. The van der Waals surface area contributed by atoms with Gasteiger partial charge in [0.15, 0.2) is 0 Å². The molecule has 3 N–H and O–H groups in total. The third kappa shape index (κ3) is 7.53. The first-order valence-electron chi connectivity index (χ1n) is 8.09. The Labute approximate surface area is 148 Å². The number of carbonyl (C=O) groups is 3. The first-order chi connectivity index (χ1) is 11.7. The van der Waals surface area contributed by atoms with Crippen LogP contribution in [0.3, 0.4) is 0 Å². The van der Waals surface area contributed by atoms with Gasteiger partial charge < -0.3 is 16.0 Å². The van der Waals surface area contributed by atoms with Crippen LogP contribution in [0.25, 0.3) is 0 Å². The van der Waals surface area contributed by atoms with E-state index < -0.39 is 0 Å². The molecule has 0 radical (unpaired) electrons. The van der Waals surface area contributed by atoms with E-state index in [9.17, 15) is 14.4 Å². The van der Waals surface area contributed by atoms with E-state index in [2.05, 4.69) is 42.6 Å². The third-order valence-electron chi connectivity index (χ3n) is 3.48. The molecule has 0 saturated carbocycles. The van der Waals surface area contributed by atoms with Gasteiger partial charge in [0.05, 0.1) is 13.1 Å². The van der Waals surface area contributed by atoms with E-state index in [4.69, 9.17) is 6.42 Å². The highest BCUT2D eigenvalue weighted by Crippen LogP contribution is 2.22. The van der Waals surface area contributed by atoms with Crippen molar-refractivity contribution in [3.8, 4) is 12.3 Å². The predicted molar refractivity (Wildman–Crippen MR) is 96.9 cm³/mol. The zero-order chi connectivity index (χ0) is 18.9. The molecule has 6 nitrogen and oxygen atoms in total. The molecular formula is C19H25N3O3. The van der Waals surface area contributed by atoms with Crippen molar-refractivity contribution < 1.29 is 14.4 Å². The standard InChI is InChI=1S/C19H25N3O3/c1-5-11-20-16(23)10-12-21-17(24)13-22-18(25)14-6-8-15(9-7-14)19(2,3)4/h1,6-9H,10-13H2,2-4H3,(H,20,23)(H,21,24)(H,22,25). The van der Waals surface area contributed by atoms with Crippen LogP contribution in [0.2, 0.25) is 0 Å². The van der Waals surface area contributed by atoms with E-state index in [1.165, 1.54) is 0 Å². The summed E-state index contributed by atoms with van der Waals surface area (Å²) in [7, 11) is 0. The van der Waals surface area contributed by atoms with Gasteiger partial charge in [-0.3, -0.25) is 14.4 Å². The topological polar surface area (TPSA) is 87.3 Å². The lowest BCUT2D eigenvalue weighted by atomic mass is 9.87. The summed E-state index contributed by atoms with van der Waals surface area (Å²) in [6, 6.07) is 7.29. The second kappa shape index (κ2) is 9.48. The van der Waals surface area contributed by atoms with Gasteiger partial charge >= 0.3 is 0 Å². The van der Waals surface area contributed by atoms with Crippen molar-refractivity contribution in [1.29, 1.82) is 0 Å². The van der Waals surface area contributed by atoms with Gasteiger partial charge in [-0.2, -0.15) is 0 Å². The summed E-state index contributed by atoms with van der Waals surface area (Å²) in [5.41, 5.74) is 1.64. The summed E-state index contributed by atoms with van der Waals surface area (Å²) >= 11 is 0. The van der Waals surface area contributed by atoms with Gasteiger partial charge in [-0.1, -0.05) is 38.8 Å². The summed E-state index contributed by atoms with van der Waals surface area (Å²) < 4.78 is 0. The molecule has 6 heteroatoms. The molecule has 0 heterocycles. The van der Waals surface area contributed by atoms with E-state index >= 15 is 0 Å². The Kier molecular flexibility index (Phi) is 7.67. The van der Waals surface area contributed by atoms with Crippen LogP contribution in [0.5, 0.6) is 0 Å². The quantitative estimate of drug-likeness (QED) is 0.645. The van der Waals surface area contributed by atoms with Crippen LogP contribution < -0.4 is 16.0 Å². The fourth-order valence-corrected chi connectivity index (χ4v) is 2.00. The molecule has 0 aliphatic heterocycles. The molecule has 0 spiro atoms. The van der Waals surface area contributed by atoms with E-state index in [1.807, 2.05) is 12.1 Å². The van der Waals surface area contributed by atoms with Gasteiger partial charge in [-0.15, -0.1) is 6.42 Å². The minimum Gasteiger partial charge on any atom is -0.354 e. The van der Waals surface area contributed by atoms with Crippen LogP contribution in [-0.2, 0) is 15.0 Å². The number of benzene rings is 1. The molecule has 0 aliphatic rings. The molecule has 1 rings (SSSR count). The molecule has 0 bridgehead atoms. The van der Waals surface area contributed by atoms with Crippen molar-refractivity contribution in [3.63, 3.8) is 0 Å². The van der Waals surface area contributed by atoms with Gasteiger partial charge in [0.2, 0.25) is 11.8 Å². The molecule has 1 aromatic carbocycles. The number of carbonyl (C=O) groups excluding carboxylic acids is 3. The number of hydrogen-bond acceptors (Lipinski definition) is 3. The molecule has 0 fully saturated rings. The van der Waals surface area contributed by atoms with Gasteiger partial charge in [-0.05, 0) is 23.1 Å². The SMILES string of the molecule is C#CCNC(=O)CCNC(=O)CNC(=O)c1ccc(C(C)(C)C)cc1. The van der Waals surface area contributed by atoms with Crippen molar-refractivity contribution in [1.82, 2.24) is 16.0 Å². The Hall–Kier alpha value is -2.81. The number of terminal acetylenes is 1. The first kappa shape index (κ1) is 20.2. The highest BCUT2D eigenvalue weighted by Gasteiger charge is 2.14. The van der Waals surface area contributed by atoms with Crippen LogP contribution in [0.1, 0.15) is 43.1 Å². The van der Waals surface area contributed by atoms with Crippen molar-refractivity contribution in [2.45, 2.75) is 32.6 Å². The molecule has 25 heavy (non-hydrogen) atoms. The fourth-order valence-electron chi connectivity index (χ4n) is 2.00. The number of amides is 3. The van der Waals surface area contributed by atoms with E-state index in [1.54, 1.807) is 12.1 Å². The summed E-state index contributed by atoms with van der Waals surface area (Å²) in [4.78, 5) is 35.0. The average molecular weight is 343 g/mol. The largest absolute Gasteiger partial charge is 0.354 e. The molecule has 0 atom stereocenters. The maximum Gasteiger partial charge on any atom is 0.251 e. The monoisotopic (exact) mass is 343 g/mol. The summed E-state index contributed by atoms with van der Waals surface area (Å²) in [5.74, 6) is 1.38. The Balaban J connectivity index is 2.35. The Morgan fingerprint density at radius 2 is 1.64 bits per heavy atom. The van der Waals surface area contributed by atoms with Crippen molar-refractivity contribution in [3.05, 3.63) is 35.4 Å². The summed E-state index contributed by atoms with van der Waals surface area (Å²) in [5, 5.41) is 7.61. The molecule has 0 saturated heterocycles. The number of nitrogens with one attached hydrogen (secondary N) is 3. The van der Waals surface area contributed by atoms with Gasteiger partial charge in [0.1, 0.15) is 0 Å². The molecule has 0 aliphatic carbocycles. The summed E-state index contributed by atoms with van der Waals surface area (Å²) in [6.45, 7) is 6.49. The molecule has 3 amide bonds. The number of hydrogen-bond donors (Lipinski definition) is 3. The van der Waals surface area contributed by atoms with Crippen LogP contribution in [0.15, 0.2) is 24.3 Å². The molecule has 0 aromatic heterocycles. The van der Waals surface area contributed by atoms with Gasteiger partial charge in [0.25, 0.3) is 5.91 Å². The third-order valence-corrected chi connectivity index (χ3v) is 3.48. The van der Waals surface area contributed by atoms with Crippen molar-refractivity contribution in [2.24, 2.45) is 0 Å². The van der Waals surface area contributed by atoms with Crippen LogP contribution in [-0.4, -0.2) is 37.4 Å².